The fourth-order valence-electron chi connectivity index (χ4n) is 2.35. The van der Waals surface area contributed by atoms with Gasteiger partial charge in [-0.3, -0.25) is 4.79 Å². The van der Waals surface area contributed by atoms with E-state index in [1.54, 1.807) is 4.90 Å². The number of amides is 1. The topological polar surface area (TPSA) is 66.8 Å². The van der Waals surface area contributed by atoms with E-state index in [-0.39, 0.29) is 6.09 Å². The van der Waals surface area contributed by atoms with Crippen LogP contribution < -0.4 is 0 Å². The normalized spacial score (nSPS) is 18.0. The van der Waals surface area contributed by atoms with Gasteiger partial charge >= 0.3 is 12.1 Å². The maximum Gasteiger partial charge on any atom is 0.410 e. The molecular weight excluding hydrogens is 270 g/mol. The molecule has 1 aliphatic rings. The smallest absolute Gasteiger partial charge is 0.410 e. The second-order valence-corrected chi connectivity index (χ2v) is 7.04. The summed E-state index contributed by atoms with van der Waals surface area (Å²) in [5.41, 5.74) is -0.166. The maximum atomic E-state index is 12.0. The number of piperidine rings is 1. The van der Waals surface area contributed by atoms with Crippen LogP contribution in [-0.2, 0) is 9.53 Å². The molecule has 0 aliphatic carbocycles. The number of likely N-dealkylation sites (tertiary alicyclic amines) is 1. The molecule has 0 radical (unpaired) electrons. The second kappa shape index (κ2) is 6.50. The van der Waals surface area contributed by atoms with E-state index in [0.717, 1.165) is 5.57 Å². The summed E-state index contributed by atoms with van der Waals surface area (Å²) in [5, 5.41) is 9.55. The van der Waals surface area contributed by atoms with Crippen LogP contribution in [0.2, 0.25) is 0 Å². The summed E-state index contributed by atoms with van der Waals surface area (Å²) in [6.45, 7) is 10.3. The van der Waals surface area contributed by atoms with Crippen LogP contribution in [0.25, 0.3) is 0 Å². The fraction of sp³-hybridized carbons (Fsp3) is 0.750. The van der Waals surface area contributed by atoms with E-state index in [1.165, 1.54) is 0 Å². The van der Waals surface area contributed by atoms with Crippen LogP contribution in [0, 0.1) is 5.41 Å². The lowest BCUT2D eigenvalue weighted by molar-refractivity contribution is -0.151. The highest BCUT2D eigenvalue weighted by Crippen LogP contribution is 2.36. The minimum absolute atomic E-state index is 0.358. The zero-order valence-corrected chi connectivity index (χ0v) is 13.7. The van der Waals surface area contributed by atoms with Gasteiger partial charge in [0.2, 0.25) is 0 Å². The van der Waals surface area contributed by atoms with Gasteiger partial charge in [0.25, 0.3) is 0 Å². The summed E-state index contributed by atoms with van der Waals surface area (Å²) in [6, 6.07) is 0. The first-order valence-corrected chi connectivity index (χ1v) is 7.40. The molecule has 1 fully saturated rings. The third-order valence-electron chi connectivity index (χ3n) is 3.73. The Balaban J connectivity index is 2.69. The fourth-order valence-corrected chi connectivity index (χ4v) is 2.35. The van der Waals surface area contributed by atoms with Gasteiger partial charge in [-0.15, -0.1) is 0 Å². The molecule has 0 atom stereocenters. The third-order valence-corrected chi connectivity index (χ3v) is 3.73. The molecule has 1 rings (SSSR count). The lowest BCUT2D eigenvalue weighted by Crippen LogP contribution is -2.47. The van der Waals surface area contributed by atoms with Crippen molar-refractivity contribution in [3.8, 4) is 0 Å². The molecule has 1 saturated heterocycles. The highest BCUT2D eigenvalue weighted by molar-refractivity contribution is 5.76. The van der Waals surface area contributed by atoms with Crippen LogP contribution in [0.4, 0.5) is 4.79 Å². The van der Waals surface area contributed by atoms with Crippen LogP contribution in [0.5, 0.6) is 0 Å². The Morgan fingerprint density at radius 2 is 1.76 bits per heavy atom. The molecule has 0 aromatic carbocycles. The largest absolute Gasteiger partial charge is 0.481 e. The van der Waals surface area contributed by atoms with E-state index >= 15 is 0 Å². The van der Waals surface area contributed by atoms with Gasteiger partial charge in [-0.2, -0.15) is 0 Å². The first kappa shape index (κ1) is 17.5. The van der Waals surface area contributed by atoms with E-state index in [2.05, 4.69) is 0 Å². The van der Waals surface area contributed by atoms with Crippen molar-refractivity contribution in [2.24, 2.45) is 5.41 Å². The Hall–Kier alpha value is -1.52. The average molecular weight is 297 g/mol. The highest BCUT2D eigenvalue weighted by atomic mass is 16.6. The van der Waals surface area contributed by atoms with Crippen LogP contribution in [0.3, 0.4) is 0 Å². The van der Waals surface area contributed by atoms with Crippen LogP contribution >= 0.6 is 0 Å². The lowest BCUT2D eigenvalue weighted by Gasteiger charge is -2.38. The number of hydrogen-bond acceptors (Lipinski definition) is 3. The van der Waals surface area contributed by atoms with E-state index in [0.29, 0.717) is 32.4 Å². The zero-order chi connectivity index (χ0) is 16.3. The Kier molecular flexibility index (Phi) is 5.42. The lowest BCUT2D eigenvalue weighted by atomic mass is 9.75. The van der Waals surface area contributed by atoms with E-state index < -0.39 is 17.0 Å². The van der Waals surface area contributed by atoms with Crippen LogP contribution in [0.15, 0.2) is 11.6 Å². The van der Waals surface area contributed by atoms with Crippen molar-refractivity contribution in [1.82, 2.24) is 4.90 Å². The van der Waals surface area contributed by atoms with E-state index in [4.69, 9.17) is 4.74 Å². The molecule has 120 valence electrons. The molecule has 5 heteroatoms. The maximum absolute atomic E-state index is 12.0. The summed E-state index contributed by atoms with van der Waals surface area (Å²) in [6.07, 6.45) is 3.06. The Morgan fingerprint density at radius 1 is 1.24 bits per heavy atom. The van der Waals surface area contributed by atoms with Gasteiger partial charge in [-0.05, 0) is 53.9 Å². The molecule has 0 unspecified atom stereocenters. The first-order chi connectivity index (χ1) is 9.56. The number of carboxylic acids is 1. The number of aliphatic carboxylic acids is 1. The molecule has 21 heavy (non-hydrogen) atoms. The van der Waals surface area contributed by atoms with Crippen molar-refractivity contribution in [1.29, 1.82) is 0 Å². The molecule has 0 spiro atoms. The summed E-state index contributed by atoms with van der Waals surface area (Å²) < 4.78 is 5.33. The number of carboxylic acid groups (broad SMARTS) is 1. The zero-order valence-electron chi connectivity index (χ0n) is 13.7. The van der Waals surface area contributed by atoms with Crippen molar-refractivity contribution in [3.63, 3.8) is 0 Å². The average Bonchev–Trinajstić information content (AvgIpc) is 2.34. The Labute approximate surface area is 127 Å². The van der Waals surface area contributed by atoms with Gasteiger partial charge in [0.05, 0.1) is 5.41 Å². The van der Waals surface area contributed by atoms with Crippen LogP contribution in [0.1, 0.15) is 53.9 Å². The van der Waals surface area contributed by atoms with Crippen molar-refractivity contribution in [2.75, 3.05) is 13.1 Å². The molecule has 0 aromatic heterocycles. The van der Waals surface area contributed by atoms with Gasteiger partial charge < -0.3 is 14.7 Å². The Morgan fingerprint density at radius 3 is 2.14 bits per heavy atom. The van der Waals surface area contributed by atoms with Gasteiger partial charge in [0.15, 0.2) is 0 Å². The molecule has 0 bridgehead atoms. The number of carbonyl (C=O) groups is 2. The molecule has 1 aliphatic heterocycles. The van der Waals surface area contributed by atoms with Gasteiger partial charge in [-0.1, -0.05) is 11.6 Å². The minimum atomic E-state index is -0.774. The first-order valence-electron chi connectivity index (χ1n) is 7.40. The van der Waals surface area contributed by atoms with Gasteiger partial charge in [0, 0.05) is 13.1 Å². The van der Waals surface area contributed by atoms with Crippen molar-refractivity contribution in [3.05, 3.63) is 11.6 Å². The number of ether oxygens (including phenoxy) is 1. The molecule has 0 aromatic rings. The summed E-state index contributed by atoms with van der Waals surface area (Å²) in [7, 11) is 0. The number of hydrogen-bond donors (Lipinski definition) is 1. The quantitative estimate of drug-likeness (QED) is 0.810. The SMILES string of the molecule is CC(C)=CCC1(C(=O)O)CCN(C(=O)OC(C)(C)C)CC1. The predicted octanol–water partition coefficient (Wildman–Crippen LogP) is 3.44. The van der Waals surface area contributed by atoms with Crippen molar-refractivity contribution < 1.29 is 19.4 Å². The minimum Gasteiger partial charge on any atom is -0.481 e. The standard InChI is InChI=1S/C16H27NO4/c1-12(2)6-7-16(13(18)19)8-10-17(11-9-16)14(20)21-15(3,4)5/h6H,7-11H2,1-5H3,(H,18,19). The summed E-state index contributed by atoms with van der Waals surface area (Å²) in [4.78, 5) is 25.2. The van der Waals surface area contributed by atoms with E-state index in [9.17, 15) is 14.7 Å². The van der Waals surface area contributed by atoms with Crippen molar-refractivity contribution >= 4 is 12.1 Å². The number of rotatable bonds is 3. The van der Waals surface area contributed by atoms with Crippen molar-refractivity contribution in [2.45, 2.75) is 59.5 Å². The number of carbonyl (C=O) groups excluding carboxylic acids is 1. The molecular formula is C16H27NO4. The summed E-state index contributed by atoms with van der Waals surface area (Å²) in [5.74, 6) is -0.774. The van der Waals surface area contributed by atoms with Gasteiger partial charge in [0.1, 0.15) is 5.60 Å². The van der Waals surface area contributed by atoms with Gasteiger partial charge in [-0.25, -0.2) is 4.79 Å². The number of nitrogens with zero attached hydrogens (tertiary/aromatic N) is 1. The highest BCUT2D eigenvalue weighted by Gasteiger charge is 2.42. The molecule has 0 saturated carbocycles. The monoisotopic (exact) mass is 297 g/mol. The van der Waals surface area contributed by atoms with E-state index in [1.807, 2.05) is 40.7 Å². The number of allylic oxidation sites excluding steroid dienone is 2. The molecule has 5 nitrogen and oxygen atoms in total. The third kappa shape index (κ3) is 5.06. The van der Waals surface area contributed by atoms with Crippen LogP contribution in [-0.4, -0.2) is 40.8 Å². The summed E-state index contributed by atoms with van der Waals surface area (Å²) >= 11 is 0. The molecule has 1 N–H and O–H groups in total. The predicted molar refractivity (Wildman–Crippen MR) is 81.2 cm³/mol. The second-order valence-electron chi connectivity index (χ2n) is 7.04. The Bertz CT molecular complexity index is 422. The molecule has 1 amide bonds. The molecule has 1 heterocycles.